The quantitative estimate of drug-likeness (QED) is 0.116. The summed E-state index contributed by atoms with van der Waals surface area (Å²) in [4.78, 5) is 29.4. The molecule has 0 saturated carbocycles. The Bertz CT molecular complexity index is 2050. The number of methoxy groups -OCH3 is 1. The molecule has 2 N–H and O–H groups in total. The summed E-state index contributed by atoms with van der Waals surface area (Å²) in [5.41, 5.74) is 2.44. The maximum absolute atomic E-state index is 14.0. The van der Waals surface area contributed by atoms with E-state index in [1.54, 1.807) is 37.4 Å². The van der Waals surface area contributed by atoms with Crippen LogP contribution in [0.3, 0.4) is 0 Å². The van der Waals surface area contributed by atoms with Crippen molar-refractivity contribution in [1.29, 1.82) is 0 Å². The molecule has 51 heavy (non-hydrogen) atoms. The lowest BCUT2D eigenvalue weighted by molar-refractivity contribution is -0.142. The zero-order valence-corrected chi connectivity index (χ0v) is 29.7. The molecule has 0 aliphatic rings. The van der Waals surface area contributed by atoms with Gasteiger partial charge in [0.15, 0.2) is 6.61 Å². The van der Waals surface area contributed by atoms with Crippen molar-refractivity contribution in [2.75, 3.05) is 18.4 Å². The smallest absolute Gasteiger partial charge is 0.261 e. The zero-order chi connectivity index (χ0) is 36.4. The van der Waals surface area contributed by atoms with Crippen molar-refractivity contribution >= 4 is 50.7 Å². The largest absolute Gasteiger partial charge is 0.497 e. The zero-order valence-electron chi connectivity index (χ0n) is 27.4. The summed E-state index contributed by atoms with van der Waals surface area (Å²) in [5, 5.41) is 3.79. The molecule has 0 spiro atoms. The normalized spacial score (nSPS) is 11.7. The lowest BCUT2D eigenvalue weighted by atomic mass is 10.0. The molecule has 264 valence electrons. The van der Waals surface area contributed by atoms with E-state index < -0.39 is 40.3 Å². The first-order valence-electron chi connectivity index (χ1n) is 15.7. The van der Waals surface area contributed by atoms with Crippen LogP contribution >= 0.6 is 23.2 Å². The Morgan fingerprint density at radius 3 is 2.14 bits per heavy atom. The number of rotatable bonds is 15. The molecule has 1 atom stereocenters. The third-order valence-corrected chi connectivity index (χ3v) is 9.83. The molecule has 9 nitrogen and oxygen atoms in total. The molecule has 5 aromatic rings. The number of anilines is 1. The number of amides is 2. The lowest BCUT2D eigenvalue weighted by Crippen LogP contribution is -2.51. The van der Waals surface area contributed by atoms with Gasteiger partial charge in [-0.05, 0) is 89.5 Å². The standard InChI is InChI=1S/C38H34Cl2FN3O6S/c1-49-32-15-7-27(8-16-32)24-44(36(21-26-5-3-2-4-6-26)38(46)42-23-28-9-10-29(39)22-35(28)40)37(45)25-50-33-17-19-34(20-18-33)51(47,48)43-31-13-11-30(41)12-14-31/h2-20,22,36,43H,21,23-25H2,1H3,(H,42,46)/t36-/m1/s1. The van der Waals surface area contributed by atoms with E-state index in [2.05, 4.69) is 10.0 Å². The molecule has 0 radical (unpaired) electrons. The minimum Gasteiger partial charge on any atom is -0.497 e. The summed E-state index contributed by atoms with van der Waals surface area (Å²) in [5.74, 6) is -0.519. The van der Waals surface area contributed by atoms with Crippen molar-refractivity contribution in [3.63, 3.8) is 0 Å². The van der Waals surface area contributed by atoms with Crippen molar-refractivity contribution in [2.24, 2.45) is 0 Å². The van der Waals surface area contributed by atoms with Crippen LogP contribution in [0.25, 0.3) is 0 Å². The van der Waals surface area contributed by atoms with E-state index >= 15 is 0 Å². The number of hydrogen-bond acceptors (Lipinski definition) is 6. The van der Waals surface area contributed by atoms with Gasteiger partial charge in [-0.3, -0.25) is 14.3 Å². The van der Waals surface area contributed by atoms with Gasteiger partial charge in [-0.15, -0.1) is 0 Å². The highest BCUT2D eigenvalue weighted by Gasteiger charge is 2.31. The number of ether oxygens (including phenoxy) is 2. The molecular formula is C38H34Cl2FN3O6S. The van der Waals surface area contributed by atoms with E-state index in [-0.39, 0.29) is 35.8 Å². The Morgan fingerprint density at radius 1 is 0.824 bits per heavy atom. The first kappa shape index (κ1) is 37.2. The second-order valence-electron chi connectivity index (χ2n) is 11.4. The van der Waals surface area contributed by atoms with Gasteiger partial charge in [0.1, 0.15) is 23.4 Å². The Labute approximate surface area is 306 Å². The summed E-state index contributed by atoms with van der Waals surface area (Å²) in [6, 6.07) is 30.9. The van der Waals surface area contributed by atoms with Crippen LogP contribution in [0.4, 0.5) is 10.1 Å². The molecule has 0 fully saturated rings. The first-order valence-corrected chi connectivity index (χ1v) is 17.9. The lowest BCUT2D eigenvalue weighted by Gasteiger charge is -2.31. The first-order chi connectivity index (χ1) is 24.5. The number of nitrogens with zero attached hydrogens (tertiary/aromatic N) is 1. The summed E-state index contributed by atoms with van der Waals surface area (Å²) in [6.45, 7) is -0.269. The molecule has 0 aliphatic heterocycles. The van der Waals surface area contributed by atoms with Gasteiger partial charge in [-0.25, -0.2) is 12.8 Å². The highest BCUT2D eigenvalue weighted by Crippen LogP contribution is 2.23. The van der Waals surface area contributed by atoms with E-state index in [0.717, 1.165) is 23.3 Å². The van der Waals surface area contributed by atoms with Crippen LogP contribution < -0.4 is 19.5 Å². The van der Waals surface area contributed by atoms with Gasteiger partial charge in [0, 0.05) is 35.2 Å². The Morgan fingerprint density at radius 2 is 1.49 bits per heavy atom. The van der Waals surface area contributed by atoms with E-state index in [1.165, 1.54) is 41.3 Å². The van der Waals surface area contributed by atoms with E-state index in [9.17, 15) is 22.4 Å². The van der Waals surface area contributed by atoms with Crippen LogP contribution in [0.15, 0.2) is 126 Å². The van der Waals surface area contributed by atoms with Crippen molar-refractivity contribution in [1.82, 2.24) is 10.2 Å². The summed E-state index contributed by atoms with van der Waals surface area (Å²) < 4.78 is 52.5. The van der Waals surface area contributed by atoms with E-state index in [0.29, 0.717) is 21.4 Å². The van der Waals surface area contributed by atoms with E-state index in [1.807, 2.05) is 42.5 Å². The number of nitrogens with one attached hydrogen (secondary N) is 2. The van der Waals surface area contributed by atoms with Crippen molar-refractivity contribution in [3.05, 3.63) is 154 Å². The maximum atomic E-state index is 14.0. The number of benzene rings is 5. The summed E-state index contributed by atoms with van der Waals surface area (Å²) >= 11 is 12.4. The SMILES string of the molecule is COc1ccc(CN(C(=O)COc2ccc(S(=O)(=O)Nc3ccc(F)cc3)cc2)[C@H](Cc2ccccc2)C(=O)NCc2ccc(Cl)cc2Cl)cc1. The second kappa shape index (κ2) is 17.2. The third-order valence-electron chi connectivity index (χ3n) is 7.84. The predicted molar refractivity (Wildman–Crippen MR) is 195 cm³/mol. The molecule has 2 amide bonds. The highest BCUT2D eigenvalue weighted by atomic mass is 35.5. The van der Waals surface area contributed by atoms with Crippen molar-refractivity contribution in [3.8, 4) is 11.5 Å². The summed E-state index contributed by atoms with van der Waals surface area (Å²) in [7, 11) is -2.42. The number of carbonyl (C=O) groups is 2. The van der Waals surface area contributed by atoms with Crippen LogP contribution in [0.2, 0.25) is 10.0 Å². The third kappa shape index (κ3) is 10.5. The number of hydrogen-bond donors (Lipinski definition) is 2. The number of halogens is 3. The Balaban J connectivity index is 1.36. The fraction of sp³-hybridized carbons (Fsp3) is 0.158. The number of sulfonamides is 1. The van der Waals surface area contributed by atoms with Crippen LogP contribution in [-0.4, -0.2) is 44.9 Å². The maximum Gasteiger partial charge on any atom is 0.261 e. The van der Waals surface area contributed by atoms with Crippen LogP contribution in [0.1, 0.15) is 16.7 Å². The second-order valence-corrected chi connectivity index (χ2v) is 13.9. The molecule has 5 rings (SSSR count). The van der Waals surface area contributed by atoms with Gasteiger partial charge in [0.05, 0.1) is 12.0 Å². The molecule has 0 heterocycles. The number of carbonyl (C=O) groups excluding carboxylic acids is 2. The van der Waals surface area contributed by atoms with Crippen LogP contribution in [0.5, 0.6) is 11.5 Å². The molecule has 0 aromatic heterocycles. The molecule has 0 unspecified atom stereocenters. The monoisotopic (exact) mass is 749 g/mol. The molecule has 0 bridgehead atoms. The molecule has 5 aromatic carbocycles. The average molecular weight is 751 g/mol. The van der Waals surface area contributed by atoms with Gasteiger partial charge >= 0.3 is 0 Å². The van der Waals surface area contributed by atoms with Gasteiger partial charge in [-0.2, -0.15) is 0 Å². The van der Waals surface area contributed by atoms with Crippen molar-refractivity contribution in [2.45, 2.75) is 30.4 Å². The fourth-order valence-corrected chi connectivity index (χ4v) is 6.66. The van der Waals surface area contributed by atoms with Gasteiger partial charge in [0.25, 0.3) is 15.9 Å². The molecule has 0 saturated heterocycles. The minimum absolute atomic E-state index is 0.0629. The minimum atomic E-state index is -3.98. The Kier molecular flexibility index (Phi) is 12.5. The van der Waals surface area contributed by atoms with Gasteiger partial charge in [-0.1, -0.05) is 71.7 Å². The molecule has 13 heteroatoms. The van der Waals surface area contributed by atoms with Crippen molar-refractivity contribution < 1.29 is 31.9 Å². The van der Waals surface area contributed by atoms with Gasteiger partial charge in [0.2, 0.25) is 5.91 Å². The highest BCUT2D eigenvalue weighted by molar-refractivity contribution is 7.92. The van der Waals surface area contributed by atoms with Gasteiger partial charge < -0.3 is 19.7 Å². The predicted octanol–water partition coefficient (Wildman–Crippen LogP) is 7.28. The molecule has 0 aliphatic carbocycles. The topological polar surface area (TPSA) is 114 Å². The Hall–Kier alpha value is -5.10. The van der Waals surface area contributed by atoms with Crippen LogP contribution in [0, 0.1) is 5.82 Å². The average Bonchev–Trinajstić information content (AvgIpc) is 3.13. The van der Waals surface area contributed by atoms with Crippen LogP contribution in [-0.2, 0) is 39.1 Å². The van der Waals surface area contributed by atoms with E-state index in [4.69, 9.17) is 32.7 Å². The fourth-order valence-electron chi connectivity index (χ4n) is 5.12. The summed E-state index contributed by atoms with van der Waals surface area (Å²) in [6.07, 6.45) is 0.205. The molecular weight excluding hydrogens is 716 g/mol.